The summed E-state index contributed by atoms with van der Waals surface area (Å²) in [5.41, 5.74) is 2.29. The first-order valence-electron chi connectivity index (χ1n) is 7.44. The average Bonchev–Trinajstić information content (AvgIpc) is 2.54. The van der Waals surface area contributed by atoms with Gasteiger partial charge in [-0.05, 0) is 60.9 Å². The van der Waals surface area contributed by atoms with E-state index in [4.69, 9.17) is 9.84 Å². The Kier molecular flexibility index (Phi) is 5.37. The minimum atomic E-state index is -1.05. The number of hydrogen-bond donors (Lipinski definition) is 2. The first-order valence-corrected chi connectivity index (χ1v) is 7.44. The van der Waals surface area contributed by atoms with Crippen molar-refractivity contribution in [1.29, 1.82) is 0 Å². The van der Waals surface area contributed by atoms with E-state index in [-0.39, 0.29) is 11.1 Å². The molecular weight excluding hydrogens is 308 g/mol. The van der Waals surface area contributed by atoms with Crippen molar-refractivity contribution in [2.75, 3.05) is 6.61 Å². The molecule has 124 valence electrons. The minimum Gasteiger partial charge on any atom is -0.494 e. The molecule has 2 rings (SSSR count). The molecule has 5 nitrogen and oxygen atoms in total. The molecule has 2 N–H and O–H groups in total. The predicted molar refractivity (Wildman–Crippen MR) is 91.3 cm³/mol. The number of ether oxygens (including phenoxy) is 1. The second-order valence-electron chi connectivity index (χ2n) is 5.20. The second-order valence-corrected chi connectivity index (χ2v) is 5.20. The Bertz CT molecular complexity index is 788. The van der Waals surface area contributed by atoms with Crippen LogP contribution >= 0.6 is 0 Å². The number of carboxylic acid groups (broad SMARTS) is 2. The number of aromatic carboxylic acids is 1. The van der Waals surface area contributed by atoms with Crippen LogP contribution in [0.2, 0.25) is 0 Å². The lowest BCUT2D eigenvalue weighted by Crippen LogP contribution is -2.02. The Balaban J connectivity index is 2.42. The van der Waals surface area contributed by atoms with E-state index in [1.807, 2.05) is 13.8 Å². The highest BCUT2D eigenvalue weighted by atomic mass is 16.5. The minimum absolute atomic E-state index is 0.138. The summed E-state index contributed by atoms with van der Waals surface area (Å²) >= 11 is 0. The van der Waals surface area contributed by atoms with E-state index in [9.17, 15) is 14.7 Å². The van der Waals surface area contributed by atoms with Gasteiger partial charge in [-0.25, -0.2) is 9.59 Å². The van der Waals surface area contributed by atoms with Crippen LogP contribution in [0.25, 0.3) is 11.6 Å². The van der Waals surface area contributed by atoms with Gasteiger partial charge in [-0.1, -0.05) is 18.2 Å². The summed E-state index contributed by atoms with van der Waals surface area (Å²) in [6, 6.07) is 11.3. The maximum absolute atomic E-state index is 11.6. The van der Waals surface area contributed by atoms with E-state index in [0.29, 0.717) is 23.5 Å². The molecule has 24 heavy (non-hydrogen) atoms. The summed E-state index contributed by atoms with van der Waals surface area (Å²) in [6.45, 7) is 4.24. The topological polar surface area (TPSA) is 83.8 Å². The van der Waals surface area contributed by atoms with Crippen LogP contribution in [0.15, 0.2) is 42.5 Å². The Morgan fingerprint density at radius 3 is 2.25 bits per heavy atom. The SMILES string of the molecule is CCOc1ccc(/C(=C/c2ccc(C(=O)O)cc2)C(=O)O)c(C)c1. The van der Waals surface area contributed by atoms with E-state index in [2.05, 4.69) is 0 Å². The zero-order valence-electron chi connectivity index (χ0n) is 13.4. The standard InChI is InChI=1S/C19H18O5/c1-3-24-15-8-9-16(12(2)10-15)17(19(22)23)11-13-4-6-14(7-5-13)18(20)21/h4-11H,3H2,1-2H3,(H,20,21)(H,22,23)/b17-11-. The van der Waals surface area contributed by atoms with Crippen molar-refractivity contribution in [3.05, 3.63) is 64.7 Å². The zero-order valence-corrected chi connectivity index (χ0v) is 13.4. The van der Waals surface area contributed by atoms with Gasteiger partial charge in [0, 0.05) is 0 Å². The lowest BCUT2D eigenvalue weighted by atomic mass is 9.98. The van der Waals surface area contributed by atoms with Gasteiger partial charge in [0.15, 0.2) is 0 Å². The number of aryl methyl sites for hydroxylation is 1. The van der Waals surface area contributed by atoms with Crippen LogP contribution in [-0.2, 0) is 4.79 Å². The van der Waals surface area contributed by atoms with Gasteiger partial charge in [-0.15, -0.1) is 0 Å². The van der Waals surface area contributed by atoms with Gasteiger partial charge in [0.1, 0.15) is 5.75 Å². The van der Waals surface area contributed by atoms with Crippen LogP contribution < -0.4 is 4.74 Å². The number of hydrogen-bond acceptors (Lipinski definition) is 3. The van der Waals surface area contributed by atoms with Crippen LogP contribution in [0.3, 0.4) is 0 Å². The van der Waals surface area contributed by atoms with E-state index >= 15 is 0 Å². The number of aliphatic carboxylic acids is 1. The molecule has 0 heterocycles. The summed E-state index contributed by atoms with van der Waals surface area (Å²) in [5, 5.41) is 18.4. The molecule has 0 aliphatic heterocycles. The monoisotopic (exact) mass is 326 g/mol. The summed E-state index contributed by atoms with van der Waals surface area (Å²) in [7, 11) is 0. The fraction of sp³-hybridized carbons (Fsp3) is 0.158. The maximum atomic E-state index is 11.6. The van der Waals surface area contributed by atoms with Gasteiger partial charge in [0.25, 0.3) is 0 Å². The molecule has 0 saturated heterocycles. The summed E-state index contributed by atoms with van der Waals surface area (Å²) in [6.07, 6.45) is 1.52. The molecule has 0 spiro atoms. The number of carboxylic acids is 2. The van der Waals surface area contributed by atoms with E-state index in [0.717, 1.165) is 5.56 Å². The van der Waals surface area contributed by atoms with Crippen molar-refractivity contribution in [2.24, 2.45) is 0 Å². The number of carbonyl (C=O) groups is 2. The zero-order chi connectivity index (χ0) is 17.7. The highest BCUT2D eigenvalue weighted by molar-refractivity contribution is 6.21. The molecule has 0 aliphatic rings. The van der Waals surface area contributed by atoms with Gasteiger partial charge in [-0.2, -0.15) is 0 Å². The first kappa shape index (κ1) is 17.3. The molecule has 0 fully saturated rings. The lowest BCUT2D eigenvalue weighted by molar-refractivity contribution is -0.130. The Morgan fingerprint density at radius 1 is 1.08 bits per heavy atom. The molecule has 0 bridgehead atoms. The molecule has 0 aliphatic carbocycles. The van der Waals surface area contributed by atoms with Crippen LogP contribution in [-0.4, -0.2) is 28.8 Å². The number of rotatable bonds is 6. The maximum Gasteiger partial charge on any atom is 0.336 e. The number of benzene rings is 2. The van der Waals surface area contributed by atoms with Gasteiger partial charge < -0.3 is 14.9 Å². The van der Waals surface area contributed by atoms with Crippen LogP contribution in [0, 0.1) is 6.92 Å². The Hall–Kier alpha value is -3.08. The normalized spacial score (nSPS) is 11.2. The molecule has 0 radical (unpaired) electrons. The summed E-state index contributed by atoms with van der Waals surface area (Å²) < 4.78 is 5.41. The van der Waals surface area contributed by atoms with Gasteiger partial charge in [0.2, 0.25) is 0 Å². The fourth-order valence-electron chi connectivity index (χ4n) is 2.34. The van der Waals surface area contributed by atoms with Crippen molar-refractivity contribution in [1.82, 2.24) is 0 Å². The third kappa shape index (κ3) is 4.01. The first-order chi connectivity index (χ1) is 11.4. The largest absolute Gasteiger partial charge is 0.494 e. The van der Waals surface area contributed by atoms with Crippen molar-refractivity contribution in [2.45, 2.75) is 13.8 Å². The van der Waals surface area contributed by atoms with Crippen molar-refractivity contribution >= 4 is 23.6 Å². The van der Waals surface area contributed by atoms with E-state index in [1.165, 1.54) is 18.2 Å². The third-order valence-electron chi connectivity index (χ3n) is 3.50. The molecule has 2 aromatic carbocycles. The van der Waals surface area contributed by atoms with Crippen LogP contribution in [0.5, 0.6) is 5.75 Å². The Labute approximate surface area is 139 Å². The Morgan fingerprint density at radius 2 is 1.75 bits per heavy atom. The molecule has 5 heteroatoms. The van der Waals surface area contributed by atoms with Crippen molar-refractivity contribution < 1.29 is 24.5 Å². The third-order valence-corrected chi connectivity index (χ3v) is 3.50. The lowest BCUT2D eigenvalue weighted by Gasteiger charge is -2.10. The molecule has 0 aromatic heterocycles. The fourth-order valence-corrected chi connectivity index (χ4v) is 2.34. The molecular formula is C19H18O5. The predicted octanol–water partition coefficient (Wildman–Crippen LogP) is 3.72. The van der Waals surface area contributed by atoms with Gasteiger partial charge in [-0.3, -0.25) is 0 Å². The van der Waals surface area contributed by atoms with Gasteiger partial charge >= 0.3 is 11.9 Å². The van der Waals surface area contributed by atoms with Gasteiger partial charge in [0.05, 0.1) is 17.7 Å². The average molecular weight is 326 g/mol. The smallest absolute Gasteiger partial charge is 0.336 e. The van der Waals surface area contributed by atoms with E-state index < -0.39 is 11.9 Å². The molecule has 0 unspecified atom stereocenters. The van der Waals surface area contributed by atoms with Crippen LogP contribution in [0.4, 0.5) is 0 Å². The summed E-state index contributed by atoms with van der Waals surface area (Å²) in [5.74, 6) is -1.38. The van der Waals surface area contributed by atoms with Crippen molar-refractivity contribution in [3.63, 3.8) is 0 Å². The van der Waals surface area contributed by atoms with E-state index in [1.54, 1.807) is 30.3 Å². The van der Waals surface area contributed by atoms with Crippen LogP contribution in [0.1, 0.15) is 34.0 Å². The molecule has 0 saturated carbocycles. The highest BCUT2D eigenvalue weighted by Crippen LogP contribution is 2.26. The van der Waals surface area contributed by atoms with Crippen molar-refractivity contribution in [3.8, 4) is 5.75 Å². The quantitative estimate of drug-likeness (QED) is 0.624. The molecule has 2 aromatic rings. The second kappa shape index (κ2) is 7.46. The molecule has 0 atom stereocenters. The highest BCUT2D eigenvalue weighted by Gasteiger charge is 2.14. The summed E-state index contributed by atoms with van der Waals surface area (Å²) in [4.78, 5) is 22.5. The molecule has 0 amide bonds.